The van der Waals surface area contributed by atoms with Gasteiger partial charge < -0.3 is 10.1 Å². The van der Waals surface area contributed by atoms with Gasteiger partial charge in [0.25, 0.3) is 0 Å². The summed E-state index contributed by atoms with van der Waals surface area (Å²) >= 11 is 0. The van der Waals surface area contributed by atoms with Crippen molar-refractivity contribution in [3.8, 4) is 5.75 Å². The second kappa shape index (κ2) is 10.2. The van der Waals surface area contributed by atoms with Crippen LogP contribution < -0.4 is 10.1 Å². The molecule has 0 unspecified atom stereocenters. The van der Waals surface area contributed by atoms with Gasteiger partial charge in [0.05, 0.1) is 0 Å². The molecule has 2 rings (SSSR count). The quantitative estimate of drug-likeness (QED) is 0.886. The Hall–Kier alpha value is -0.620. The fourth-order valence-electron chi connectivity index (χ4n) is 2.63. The zero-order chi connectivity index (χ0) is 13.7. The Kier molecular flexibility index (Phi) is 9.86. The first-order valence-corrected chi connectivity index (χ1v) is 6.71. The van der Waals surface area contributed by atoms with Crippen LogP contribution in [0.1, 0.15) is 24.9 Å². The van der Waals surface area contributed by atoms with E-state index >= 15 is 0 Å². The topological polar surface area (TPSA) is 24.5 Å². The molecule has 0 aliphatic carbocycles. The van der Waals surface area contributed by atoms with Crippen molar-refractivity contribution in [1.82, 2.24) is 10.2 Å². The summed E-state index contributed by atoms with van der Waals surface area (Å²) in [4.78, 5) is 2.32. The van der Waals surface area contributed by atoms with Gasteiger partial charge in [-0.1, -0.05) is 25.1 Å². The highest BCUT2D eigenvalue weighted by Gasteiger charge is 2.23. The second-order valence-corrected chi connectivity index (χ2v) is 4.63. The van der Waals surface area contributed by atoms with Crippen LogP contribution >= 0.6 is 24.8 Å². The van der Waals surface area contributed by atoms with E-state index in [1.165, 1.54) is 0 Å². The number of ether oxygens (including phenoxy) is 1. The van der Waals surface area contributed by atoms with Crippen LogP contribution in [0.25, 0.3) is 0 Å². The number of alkyl halides is 2. The van der Waals surface area contributed by atoms with Gasteiger partial charge in [0, 0.05) is 37.8 Å². The molecule has 1 N–H and O–H groups in total. The van der Waals surface area contributed by atoms with E-state index in [2.05, 4.69) is 21.9 Å². The number of nitrogens with zero attached hydrogens (tertiary/aromatic N) is 1. The lowest BCUT2D eigenvalue weighted by Crippen LogP contribution is -2.45. The van der Waals surface area contributed by atoms with E-state index in [0.29, 0.717) is 5.75 Å². The van der Waals surface area contributed by atoms with Crippen molar-refractivity contribution in [3.63, 3.8) is 0 Å². The molecule has 1 atom stereocenters. The highest BCUT2D eigenvalue weighted by atomic mass is 35.5. The lowest BCUT2D eigenvalue weighted by molar-refractivity contribution is -0.0512. The Balaban J connectivity index is 0.00000200. The molecule has 1 saturated heterocycles. The Morgan fingerprint density at radius 2 is 1.81 bits per heavy atom. The largest absolute Gasteiger partial charge is 0.434 e. The van der Waals surface area contributed by atoms with Gasteiger partial charge in [0.1, 0.15) is 5.75 Å². The molecule has 7 heteroatoms. The molecule has 0 aromatic heterocycles. The van der Waals surface area contributed by atoms with Crippen LogP contribution in [0.2, 0.25) is 0 Å². The summed E-state index contributed by atoms with van der Waals surface area (Å²) in [5.41, 5.74) is 0.854. The minimum atomic E-state index is -2.78. The molecule has 1 aliphatic rings. The lowest BCUT2D eigenvalue weighted by atomic mass is 10.0. The third-order valence-corrected chi connectivity index (χ3v) is 3.47. The Bertz CT molecular complexity index is 404. The van der Waals surface area contributed by atoms with Crippen LogP contribution in [-0.4, -0.2) is 37.7 Å². The zero-order valence-electron chi connectivity index (χ0n) is 11.9. The first kappa shape index (κ1) is 20.4. The third kappa shape index (κ3) is 5.58. The van der Waals surface area contributed by atoms with E-state index in [0.717, 1.165) is 38.2 Å². The second-order valence-electron chi connectivity index (χ2n) is 4.63. The predicted octanol–water partition coefficient (Wildman–Crippen LogP) is 3.49. The Morgan fingerprint density at radius 1 is 1.19 bits per heavy atom. The lowest BCUT2D eigenvalue weighted by Gasteiger charge is -2.35. The van der Waals surface area contributed by atoms with Crippen molar-refractivity contribution >= 4 is 24.8 Å². The van der Waals surface area contributed by atoms with Gasteiger partial charge in [-0.05, 0) is 12.5 Å². The van der Waals surface area contributed by atoms with Crippen LogP contribution in [0.3, 0.4) is 0 Å². The highest BCUT2D eigenvalue weighted by Crippen LogP contribution is 2.32. The molecule has 0 saturated carbocycles. The van der Waals surface area contributed by atoms with Gasteiger partial charge in [0.15, 0.2) is 0 Å². The number of nitrogens with one attached hydrogen (secondary N) is 1. The van der Waals surface area contributed by atoms with Gasteiger partial charge in [0.2, 0.25) is 0 Å². The monoisotopic (exact) mass is 342 g/mol. The zero-order valence-corrected chi connectivity index (χ0v) is 13.6. The molecule has 0 radical (unpaired) electrons. The summed E-state index contributed by atoms with van der Waals surface area (Å²) < 4.78 is 29.6. The summed E-state index contributed by atoms with van der Waals surface area (Å²) in [5.74, 6) is 0.294. The molecule has 1 heterocycles. The van der Waals surface area contributed by atoms with E-state index in [1.54, 1.807) is 12.1 Å². The van der Waals surface area contributed by atoms with Crippen molar-refractivity contribution in [1.29, 1.82) is 0 Å². The maximum atomic E-state index is 12.5. The summed E-state index contributed by atoms with van der Waals surface area (Å²) in [7, 11) is 0. The van der Waals surface area contributed by atoms with Gasteiger partial charge in [-0.3, -0.25) is 4.90 Å². The standard InChI is InChI=1S/C14H20F2N2O.2ClH/c1-2-12(18-9-7-17-8-10-18)11-5-3-4-6-13(11)19-14(15)16;;/h3-6,12,14,17H,2,7-10H2,1H3;2*1H/t12-;;/m0../s1. The van der Waals surface area contributed by atoms with E-state index in [4.69, 9.17) is 0 Å². The number of hydrogen-bond donors (Lipinski definition) is 1. The summed E-state index contributed by atoms with van der Waals surface area (Å²) in [6, 6.07) is 7.24. The van der Waals surface area contributed by atoms with E-state index in [9.17, 15) is 8.78 Å². The summed E-state index contributed by atoms with van der Waals surface area (Å²) in [5, 5.41) is 3.30. The smallest absolute Gasteiger partial charge is 0.387 e. The molecule has 1 aliphatic heterocycles. The number of benzene rings is 1. The van der Waals surface area contributed by atoms with Crippen LogP contribution in [0.4, 0.5) is 8.78 Å². The number of piperazine rings is 1. The number of rotatable bonds is 5. The van der Waals surface area contributed by atoms with Crippen molar-refractivity contribution in [2.24, 2.45) is 0 Å². The van der Waals surface area contributed by atoms with Gasteiger partial charge in [-0.25, -0.2) is 0 Å². The first-order chi connectivity index (χ1) is 9.22. The fourth-order valence-corrected chi connectivity index (χ4v) is 2.63. The average Bonchev–Trinajstić information content (AvgIpc) is 2.42. The molecule has 0 amide bonds. The molecular weight excluding hydrogens is 321 g/mol. The molecule has 1 aromatic rings. The number of hydrogen-bond acceptors (Lipinski definition) is 3. The maximum absolute atomic E-state index is 12.5. The van der Waals surface area contributed by atoms with Crippen LogP contribution in [0.15, 0.2) is 24.3 Å². The van der Waals surface area contributed by atoms with E-state index in [1.807, 2.05) is 12.1 Å². The van der Waals surface area contributed by atoms with Gasteiger partial charge in [-0.2, -0.15) is 8.78 Å². The maximum Gasteiger partial charge on any atom is 0.387 e. The molecule has 1 fully saturated rings. The van der Waals surface area contributed by atoms with Crippen molar-refractivity contribution < 1.29 is 13.5 Å². The molecule has 0 bridgehead atoms. The van der Waals surface area contributed by atoms with Gasteiger partial charge >= 0.3 is 6.61 Å². The van der Waals surface area contributed by atoms with Gasteiger partial charge in [-0.15, -0.1) is 24.8 Å². The van der Waals surface area contributed by atoms with E-state index in [-0.39, 0.29) is 30.9 Å². The van der Waals surface area contributed by atoms with Crippen LogP contribution in [-0.2, 0) is 0 Å². The molecule has 0 spiro atoms. The van der Waals surface area contributed by atoms with Crippen LogP contribution in [0.5, 0.6) is 5.75 Å². The highest BCUT2D eigenvalue weighted by molar-refractivity contribution is 5.85. The molecule has 3 nitrogen and oxygen atoms in total. The molecule has 1 aromatic carbocycles. The molecular formula is C14H22Cl2F2N2O. The molecule has 21 heavy (non-hydrogen) atoms. The fraction of sp³-hybridized carbons (Fsp3) is 0.571. The summed E-state index contributed by atoms with van der Waals surface area (Å²) in [6.07, 6.45) is 0.879. The minimum Gasteiger partial charge on any atom is -0.434 e. The van der Waals surface area contributed by atoms with Crippen molar-refractivity contribution in [3.05, 3.63) is 29.8 Å². The third-order valence-electron chi connectivity index (χ3n) is 3.47. The molecule has 122 valence electrons. The Morgan fingerprint density at radius 3 is 2.38 bits per heavy atom. The minimum absolute atomic E-state index is 0. The average molecular weight is 343 g/mol. The first-order valence-electron chi connectivity index (χ1n) is 6.71. The number of halogens is 4. The van der Waals surface area contributed by atoms with Crippen LogP contribution in [0, 0.1) is 0 Å². The summed E-state index contributed by atoms with van der Waals surface area (Å²) in [6.45, 7) is 3.04. The number of para-hydroxylation sites is 1. The SMILES string of the molecule is CC[C@@H](c1ccccc1OC(F)F)N1CCNCC1.Cl.Cl. The predicted molar refractivity (Wildman–Crippen MR) is 85.0 cm³/mol. The van der Waals surface area contributed by atoms with Crippen molar-refractivity contribution in [2.45, 2.75) is 26.0 Å². The normalized spacial score (nSPS) is 16.8. The van der Waals surface area contributed by atoms with E-state index < -0.39 is 6.61 Å². The van der Waals surface area contributed by atoms with Crippen molar-refractivity contribution in [2.75, 3.05) is 26.2 Å². The Labute approximate surface area is 136 Å².